The molecule has 1 N–H and O–H groups in total. The van der Waals surface area contributed by atoms with Gasteiger partial charge in [-0.15, -0.1) is 10.2 Å². The van der Waals surface area contributed by atoms with Crippen molar-refractivity contribution >= 4 is 5.91 Å². The quantitative estimate of drug-likeness (QED) is 0.927. The minimum atomic E-state index is -0.198. The normalized spacial score (nSPS) is 17.0. The van der Waals surface area contributed by atoms with E-state index in [1.165, 1.54) is 12.8 Å². The highest BCUT2D eigenvalue weighted by atomic mass is 16.2. The molecule has 1 aliphatic carbocycles. The van der Waals surface area contributed by atoms with E-state index < -0.39 is 0 Å². The summed E-state index contributed by atoms with van der Waals surface area (Å²) in [7, 11) is 1.80. The van der Waals surface area contributed by atoms with Crippen LogP contribution in [0.4, 0.5) is 0 Å². The van der Waals surface area contributed by atoms with Crippen molar-refractivity contribution in [3.8, 4) is 0 Å². The highest BCUT2D eigenvalue weighted by molar-refractivity contribution is 5.90. The molecular formula is C14H20N6O. The Labute approximate surface area is 123 Å². The molecule has 1 saturated carbocycles. The lowest BCUT2D eigenvalue weighted by atomic mass is 10.2. The molecule has 2 heterocycles. The van der Waals surface area contributed by atoms with E-state index in [0.717, 1.165) is 18.7 Å². The average Bonchev–Trinajstić information content (AvgIpc) is 3.19. The summed E-state index contributed by atoms with van der Waals surface area (Å²) >= 11 is 0. The monoisotopic (exact) mass is 288 g/mol. The van der Waals surface area contributed by atoms with Crippen LogP contribution in [0.5, 0.6) is 0 Å². The first-order valence-electron chi connectivity index (χ1n) is 7.34. The molecule has 0 spiro atoms. The molecule has 21 heavy (non-hydrogen) atoms. The Kier molecular flexibility index (Phi) is 3.72. The molecule has 0 bridgehead atoms. The van der Waals surface area contributed by atoms with Gasteiger partial charge in [-0.3, -0.25) is 4.79 Å². The van der Waals surface area contributed by atoms with Crippen molar-refractivity contribution in [1.29, 1.82) is 0 Å². The van der Waals surface area contributed by atoms with Crippen molar-refractivity contribution in [2.24, 2.45) is 7.05 Å². The van der Waals surface area contributed by atoms with Crippen molar-refractivity contribution in [3.63, 3.8) is 0 Å². The summed E-state index contributed by atoms with van der Waals surface area (Å²) in [5.74, 6) is 1.01. The summed E-state index contributed by atoms with van der Waals surface area (Å²) in [5.41, 5.74) is 0. The summed E-state index contributed by atoms with van der Waals surface area (Å²) in [4.78, 5) is 16.3. The van der Waals surface area contributed by atoms with Crippen molar-refractivity contribution in [1.82, 2.24) is 29.6 Å². The number of aryl methyl sites for hydroxylation is 1. The van der Waals surface area contributed by atoms with E-state index in [-0.39, 0.29) is 11.9 Å². The van der Waals surface area contributed by atoms with Crippen LogP contribution >= 0.6 is 0 Å². The molecule has 0 radical (unpaired) electrons. The molecule has 0 unspecified atom stereocenters. The largest absolute Gasteiger partial charge is 0.340 e. The number of hydrogen-bond donors (Lipinski definition) is 1. The Morgan fingerprint density at radius 1 is 1.43 bits per heavy atom. The molecule has 112 valence electrons. The van der Waals surface area contributed by atoms with Crippen molar-refractivity contribution in [3.05, 3.63) is 30.4 Å². The third kappa shape index (κ3) is 2.68. The molecule has 7 nitrogen and oxygen atoms in total. The third-order valence-corrected chi connectivity index (χ3v) is 4.08. The number of hydrogen-bond acceptors (Lipinski definition) is 4. The van der Waals surface area contributed by atoms with Crippen LogP contribution < -0.4 is 5.32 Å². The number of imidazole rings is 1. The highest BCUT2D eigenvalue weighted by Crippen LogP contribution is 2.31. The first-order chi connectivity index (χ1) is 10.2. The lowest BCUT2D eigenvalue weighted by Crippen LogP contribution is -2.31. The number of aromatic nitrogens is 5. The summed E-state index contributed by atoms with van der Waals surface area (Å²) < 4.78 is 3.81. The maximum Gasteiger partial charge on any atom is 0.287 e. The Bertz CT molecular complexity index is 625. The van der Waals surface area contributed by atoms with Crippen molar-refractivity contribution in [2.75, 3.05) is 0 Å². The number of rotatable bonds is 4. The second-order valence-electron chi connectivity index (χ2n) is 5.59. The number of carbonyl (C=O) groups excluding carboxylic acids is 1. The number of carbonyl (C=O) groups is 1. The Hall–Kier alpha value is -2.18. The molecule has 2 aromatic rings. The molecule has 0 aromatic carbocycles. The standard InChI is InChI=1S/C14H20N6O/c1-10(17-14(21)13-15-7-8-19(13)2)12-18-16-9-20(12)11-5-3-4-6-11/h7-11H,3-6H2,1-2H3,(H,17,21)/t10-/m0/s1. The highest BCUT2D eigenvalue weighted by Gasteiger charge is 2.24. The van der Waals surface area contributed by atoms with E-state index in [4.69, 9.17) is 0 Å². The fraction of sp³-hybridized carbons (Fsp3) is 0.571. The molecule has 1 aliphatic rings. The Morgan fingerprint density at radius 3 is 2.86 bits per heavy atom. The van der Waals surface area contributed by atoms with Crippen LogP contribution in [0.3, 0.4) is 0 Å². The molecule has 3 rings (SSSR count). The van der Waals surface area contributed by atoms with Gasteiger partial charge in [0.2, 0.25) is 0 Å². The zero-order chi connectivity index (χ0) is 14.8. The van der Waals surface area contributed by atoms with Gasteiger partial charge in [-0.05, 0) is 19.8 Å². The maximum atomic E-state index is 12.2. The van der Waals surface area contributed by atoms with Crippen LogP contribution in [0.25, 0.3) is 0 Å². The zero-order valence-corrected chi connectivity index (χ0v) is 12.4. The maximum absolute atomic E-state index is 12.2. The summed E-state index contributed by atoms with van der Waals surface area (Å²) in [6, 6.07) is 0.264. The van der Waals surface area contributed by atoms with Gasteiger partial charge >= 0.3 is 0 Å². The predicted octanol–water partition coefficient (Wildman–Crippen LogP) is 1.62. The first-order valence-corrected chi connectivity index (χ1v) is 7.34. The SMILES string of the molecule is C[C@H](NC(=O)c1nccn1C)c1nncn1C1CCCC1. The second kappa shape index (κ2) is 5.67. The van der Waals surface area contributed by atoms with Crippen molar-refractivity contribution < 1.29 is 4.79 Å². The topological polar surface area (TPSA) is 77.6 Å². The smallest absolute Gasteiger partial charge is 0.287 e. The Balaban J connectivity index is 1.74. The van der Waals surface area contributed by atoms with Gasteiger partial charge in [0.15, 0.2) is 11.6 Å². The summed E-state index contributed by atoms with van der Waals surface area (Å²) in [5, 5.41) is 11.1. The lowest BCUT2D eigenvalue weighted by Gasteiger charge is -2.18. The van der Waals surface area contributed by atoms with Gasteiger partial charge in [-0.25, -0.2) is 4.98 Å². The molecule has 1 fully saturated rings. The van der Waals surface area contributed by atoms with Gasteiger partial charge in [-0.2, -0.15) is 0 Å². The van der Waals surface area contributed by atoms with Gasteiger partial charge in [0.1, 0.15) is 6.33 Å². The number of nitrogens with zero attached hydrogens (tertiary/aromatic N) is 5. The fourth-order valence-corrected chi connectivity index (χ4v) is 2.94. The fourth-order valence-electron chi connectivity index (χ4n) is 2.94. The first kappa shape index (κ1) is 13.8. The molecule has 7 heteroatoms. The predicted molar refractivity (Wildman–Crippen MR) is 76.6 cm³/mol. The minimum Gasteiger partial charge on any atom is -0.340 e. The van der Waals surface area contributed by atoms with Crippen LogP contribution in [0.2, 0.25) is 0 Å². The van der Waals surface area contributed by atoms with Crippen molar-refractivity contribution in [2.45, 2.75) is 44.7 Å². The van der Waals surface area contributed by atoms with Crippen LogP contribution in [-0.4, -0.2) is 30.2 Å². The molecule has 1 atom stereocenters. The van der Waals surface area contributed by atoms with Crippen LogP contribution in [0, 0.1) is 0 Å². The molecule has 2 aromatic heterocycles. The molecule has 0 saturated heterocycles. The van der Waals surface area contributed by atoms with E-state index in [1.54, 1.807) is 30.3 Å². The summed E-state index contributed by atoms with van der Waals surface area (Å²) in [6.07, 6.45) is 9.94. The third-order valence-electron chi connectivity index (χ3n) is 4.08. The van der Waals surface area contributed by atoms with E-state index >= 15 is 0 Å². The van der Waals surface area contributed by atoms with E-state index in [2.05, 4.69) is 25.1 Å². The van der Waals surface area contributed by atoms with E-state index in [1.807, 2.05) is 6.92 Å². The van der Waals surface area contributed by atoms with Gasteiger partial charge < -0.3 is 14.5 Å². The van der Waals surface area contributed by atoms with Gasteiger partial charge in [0.05, 0.1) is 6.04 Å². The van der Waals surface area contributed by atoms with Crippen LogP contribution in [-0.2, 0) is 7.05 Å². The minimum absolute atomic E-state index is 0.197. The number of amides is 1. The zero-order valence-electron chi connectivity index (χ0n) is 12.4. The van der Waals surface area contributed by atoms with Gasteiger partial charge in [0, 0.05) is 25.5 Å². The average molecular weight is 288 g/mol. The van der Waals surface area contributed by atoms with Gasteiger partial charge in [-0.1, -0.05) is 12.8 Å². The second-order valence-corrected chi connectivity index (χ2v) is 5.59. The van der Waals surface area contributed by atoms with Crippen LogP contribution in [0.1, 0.15) is 61.1 Å². The summed E-state index contributed by atoms with van der Waals surface area (Å²) in [6.45, 7) is 1.93. The molecular weight excluding hydrogens is 268 g/mol. The van der Waals surface area contributed by atoms with E-state index in [9.17, 15) is 4.79 Å². The van der Waals surface area contributed by atoms with E-state index in [0.29, 0.717) is 11.9 Å². The molecule has 1 amide bonds. The molecule has 0 aliphatic heterocycles. The number of nitrogens with one attached hydrogen (secondary N) is 1. The lowest BCUT2D eigenvalue weighted by molar-refractivity contribution is 0.0923. The van der Waals surface area contributed by atoms with Crippen LogP contribution in [0.15, 0.2) is 18.7 Å². The van der Waals surface area contributed by atoms with Gasteiger partial charge in [0.25, 0.3) is 5.91 Å². The Morgan fingerprint density at radius 2 is 2.19 bits per heavy atom.